The molecule has 2 aromatic carbocycles. The number of rotatable bonds is 2. The van der Waals surface area contributed by atoms with Crippen LogP contribution in [0.1, 0.15) is 0 Å². The van der Waals surface area contributed by atoms with Crippen LogP contribution >= 0.6 is 11.6 Å². The van der Waals surface area contributed by atoms with E-state index in [0.29, 0.717) is 16.9 Å². The normalized spacial score (nSPS) is 11.7. The molecule has 3 rings (SSSR count). The predicted molar refractivity (Wildman–Crippen MR) is 95.0 cm³/mol. The van der Waals surface area contributed by atoms with Gasteiger partial charge < -0.3 is 10.6 Å². The van der Waals surface area contributed by atoms with Gasteiger partial charge >= 0.3 is 0 Å². The van der Waals surface area contributed by atoms with Crippen LogP contribution in [0, 0.1) is 0 Å². The average Bonchev–Trinajstić information content (AvgIpc) is 2.55. The third-order valence-electron chi connectivity index (χ3n) is 3.37. The fraction of sp³-hybridized carbons (Fsp3) is 0.118. The number of nitrogens with two attached hydrogens (primary N) is 1. The van der Waals surface area contributed by atoms with E-state index in [2.05, 4.69) is 15.0 Å². The SMILES string of the molecule is CN(C)C(N)=Nc1nc(-c2ccccc2)c2cc(Cl)ccc2n1. The third kappa shape index (κ3) is 3.24. The summed E-state index contributed by atoms with van der Waals surface area (Å²) in [5.74, 6) is 0.669. The molecule has 0 aliphatic rings. The molecule has 116 valence electrons. The first kappa shape index (κ1) is 15.2. The first-order chi connectivity index (χ1) is 11.0. The van der Waals surface area contributed by atoms with Gasteiger partial charge in [0.15, 0.2) is 5.96 Å². The summed E-state index contributed by atoms with van der Waals surface area (Å²) in [6.07, 6.45) is 0. The lowest BCUT2D eigenvalue weighted by molar-refractivity contribution is 0.614. The van der Waals surface area contributed by atoms with Crippen LogP contribution in [-0.2, 0) is 0 Å². The second-order valence-electron chi connectivity index (χ2n) is 5.26. The van der Waals surface area contributed by atoms with Crippen LogP contribution in [0.25, 0.3) is 22.2 Å². The van der Waals surface area contributed by atoms with Crippen molar-refractivity contribution in [2.75, 3.05) is 14.1 Å². The Labute approximate surface area is 139 Å². The minimum Gasteiger partial charge on any atom is -0.369 e. The fourth-order valence-electron chi connectivity index (χ4n) is 2.16. The Hall–Kier alpha value is -2.66. The lowest BCUT2D eigenvalue weighted by atomic mass is 10.1. The number of halogens is 1. The molecule has 0 bridgehead atoms. The third-order valence-corrected chi connectivity index (χ3v) is 3.60. The van der Waals surface area contributed by atoms with E-state index in [1.165, 1.54) is 0 Å². The summed E-state index contributed by atoms with van der Waals surface area (Å²) >= 11 is 6.13. The highest BCUT2D eigenvalue weighted by Crippen LogP contribution is 2.29. The number of benzene rings is 2. The number of hydrogen-bond donors (Lipinski definition) is 1. The van der Waals surface area contributed by atoms with Crippen LogP contribution in [0.5, 0.6) is 0 Å². The molecule has 0 saturated heterocycles. The summed E-state index contributed by atoms with van der Waals surface area (Å²) < 4.78 is 0. The summed E-state index contributed by atoms with van der Waals surface area (Å²) in [7, 11) is 3.63. The number of guanidine groups is 1. The minimum atomic E-state index is 0.324. The molecule has 23 heavy (non-hydrogen) atoms. The van der Waals surface area contributed by atoms with Crippen LogP contribution in [0.4, 0.5) is 5.95 Å². The monoisotopic (exact) mass is 325 g/mol. The van der Waals surface area contributed by atoms with Crippen LogP contribution in [-0.4, -0.2) is 34.9 Å². The maximum Gasteiger partial charge on any atom is 0.253 e. The van der Waals surface area contributed by atoms with Gasteiger partial charge in [-0.3, -0.25) is 0 Å². The first-order valence-electron chi connectivity index (χ1n) is 7.09. The van der Waals surface area contributed by atoms with Gasteiger partial charge in [-0.1, -0.05) is 41.9 Å². The van der Waals surface area contributed by atoms with Gasteiger partial charge in [-0.15, -0.1) is 0 Å². The van der Waals surface area contributed by atoms with Crippen LogP contribution in [0.2, 0.25) is 5.02 Å². The van der Waals surface area contributed by atoms with Crippen molar-refractivity contribution < 1.29 is 0 Å². The molecule has 0 radical (unpaired) electrons. The standard InChI is InChI=1S/C17H16ClN5/c1-23(2)16(19)22-17-20-14-9-8-12(18)10-13(14)15(21-17)11-6-4-3-5-7-11/h3-10H,1-2H3,(H2,19,20,21,22). The van der Waals surface area contributed by atoms with Gasteiger partial charge in [-0.2, -0.15) is 4.99 Å². The molecule has 6 heteroatoms. The molecule has 3 aromatic rings. The Morgan fingerprint density at radius 3 is 2.52 bits per heavy atom. The Kier molecular flexibility index (Phi) is 4.12. The molecule has 1 heterocycles. The summed E-state index contributed by atoms with van der Waals surface area (Å²) in [5.41, 5.74) is 8.41. The highest BCUT2D eigenvalue weighted by molar-refractivity contribution is 6.31. The molecule has 0 fully saturated rings. The van der Waals surface area contributed by atoms with Gasteiger partial charge in [0.1, 0.15) is 0 Å². The Bertz CT molecular complexity index is 875. The second kappa shape index (κ2) is 6.22. The quantitative estimate of drug-likeness (QED) is 0.579. The Balaban J connectivity index is 2.27. The van der Waals surface area contributed by atoms with Crippen LogP contribution < -0.4 is 5.73 Å². The zero-order valence-electron chi connectivity index (χ0n) is 12.9. The number of aliphatic imine (C=N–C) groups is 1. The maximum atomic E-state index is 6.13. The summed E-state index contributed by atoms with van der Waals surface area (Å²) in [6, 6.07) is 15.4. The van der Waals surface area contributed by atoms with Crippen LogP contribution in [0.15, 0.2) is 53.5 Å². The molecule has 0 amide bonds. The predicted octanol–water partition coefficient (Wildman–Crippen LogP) is 3.46. The van der Waals surface area contributed by atoms with Gasteiger partial charge in [-0.25, -0.2) is 9.97 Å². The van der Waals surface area contributed by atoms with Gasteiger partial charge in [0.2, 0.25) is 0 Å². The van der Waals surface area contributed by atoms with E-state index in [9.17, 15) is 0 Å². The fourth-order valence-corrected chi connectivity index (χ4v) is 2.33. The van der Waals surface area contributed by atoms with Crippen LogP contribution in [0.3, 0.4) is 0 Å². The zero-order valence-corrected chi connectivity index (χ0v) is 13.6. The van der Waals surface area contributed by atoms with E-state index >= 15 is 0 Å². The smallest absolute Gasteiger partial charge is 0.253 e. The van der Waals surface area contributed by atoms with E-state index in [4.69, 9.17) is 17.3 Å². The first-order valence-corrected chi connectivity index (χ1v) is 7.46. The second-order valence-corrected chi connectivity index (χ2v) is 5.70. The highest BCUT2D eigenvalue weighted by atomic mass is 35.5. The molecule has 1 aromatic heterocycles. The topological polar surface area (TPSA) is 67.4 Å². The van der Waals surface area contributed by atoms with Gasteiger partial charge in [-0.05, 0) is 18.2 Å². The van der Waals surface area contributed by atoms with E-state index in [0.717, 1.165) is 22.2 Å². The molecule has 0 aliphatic heterocycles. The van der Waals surface area contributed by atoms with Gasteiger partial charge in [0.25, 0.3) is 5.95 Å². The molecule has 2 N–H and O–H groups in total. The highest BCUT2D eigenvalue weighted by Gasteiger charge is 2.10. The number of aromatic nitrogens is 2. The molecular weight excluding hydrogens is 310 g/mol. The van der Waals surface area contributed by atoms with Crippen molar-refractivity contribution >= 4 is 34.4 Å². The van der Waals surface area contributed by atoms with Crippen molar-refractivity contribution in [2.24, 2.45) is 10.7 Å². The van der Waals surface area contributed by atoms with E-state index in [1.54, 1.807) is 11.0 Å². The van der Waals surface area contributed by atoms with Crippen molar-refractivity contribution in [2.45, 2.75) is 0 Å². The molecule has 0 unspecified atom stereocenters. The van der Waals surface area contributed by atoms with Gasteiger partial charge in [0, 0.05) is 30.1 Å². The summed E-state index contributed by atoms with van der Waals surface area (Å²) in [4.78, 5) is 15.0. The summed E-state index contributed by atoms with van der Waals surface area (Å²) in [5, 5.41) is 1.52. The van der Waals surface area contributed by atoms with Gasteiger partial charge in [0.05, 0.1) is 11.2 Å². The molecule has 5 nitrogen and oxygen atoms in total. The molecule has 0 atom stereocenters. The van der Waals surface area contributed by atoms with E-state index < -0.39 is 0 Å². The molecule has 0 aliphatic carbocycles. The Morgan fingerprint density at radius 1 is 1.09 bits per heavy atom. The van der Waals surface area contributed by atoms with Crippen molar-refractivity contribution in [3.8, 4) is 11.3 Å². The molecule has 0 spiro atoms. The lowest BCUT2D eigenvalue weighted by Gasteiger charge is -2.11. The maximum absolute atomic E-state index is 6.13. The van der Waals surface area contributed by atoms with Crippen molar-refractivity contribution in [1.29, 1.82) is 0 Å². The lowest BCUT2D eigenvalue weighted by Crippen LogP contribution is -2.30. The zero-order chi connectivity index (χ0) is 16.4. The Morgan fingerprint density at radius 2 is 1.83 bits per heavy atom. The largest absolute Gasteiger partial charge is 0.369 e. The summed E-state index contributed by atoms with van der Waals surface area (Å²) in [6.45, 7) is 0. The molecular formula is C17H16ClN5. The van der Waals surface area contributed by atoms with E-state index in [-0.39, 0.29) is 0 Å². The number of fused-ring (bicyclic) bond motifs is 1. The molecule has 0 saturated carbocycles. The minimum absolute atomic E-state index is 0.324. The average molecular weight is 326 g/mol. The number of hydrogen-bond acceptors (Lipinski definition) is 3. The van der Waals surface area contributed by atoms with Crippen molar-refractivity contribution in [3.05, 3.63) is 53.6 Å². The van der Waals surface area contributed by atoms with Crippen molar-refractivity contribution in [1.82, 2.24) is 14.9 Å². The number of nitrogens with zero attached hydrogens (tertiary/aromatic N) is 4. The van der Waals surface area contributed by atoms with E-state index in [1.807, 2.05) is 56.6 Å². The van der Waals surface area contributed by atoms with Crippen molar-refractivity contribution in [3.63, 3.8) is 0 Å².